The maximum absolute atomic E-state index is 12.2. The lowest BCUT2D eigenvalue weighted by Crippen LogP contribution is -2.53. The standard InChI is InChI=1S/C12H15BrN4O/c13-8-6-15-10(16-7-8)11(18)17-12-3-1-2-9(12)14-5-4-12/h6-7,9,14H,1-5H2,(H,17,18). The molecule has 0 aromatic carbocycles. The van der Waals surface area contributed by atoms with Crippen LogP contribution in [-0.4, -0.2) is 34.0 Å². The van der Waals surface area contributed by atoms with Crippen LogP contribution in [0.2, 0.25) is 0 Å². The smallest absolute Gasteiger partial charge is 0.289 e. The predicted octanol–water partition coefficient (Wildman–Crippen LogP) is 1.25. The highest BCUT2D eigenvalue weighted by Crippen LogP contribution is 2.36. The molecule has 6 heteroatoms. The van der Waals surface area contributed by atoms with Gasteiger partial charge < -0.3 is 10.6 Å². The molecule has 1 saturated carbocycles. The average molecular weight is 311 g/mol. The van der Waals surface area contributed by atoms with E-state index in [1.807, 2.05) is 0 Å². The summed E-state index contributed by atoms with van der Waals surface area (Å²) in [6.45, 7) is 0.978. The van der Waals surface area contributed by atoms with Crippen LogP contribution in [-0.2, 0) is 0 Å². The van der Waals surface area contributed by atoms with E-state index in [9.17, 15) is 4.79 Å². The summed E-state index contributed by atoms with van der Waals surface area (Å²) in [5.41, 5.74) is -0.0759. The predicted molar refractivity (Wildman–Crippen MR) is 70.2 cm³/mol. The Morgan fingerprint density at radius 2 is 2.22 bits per heavy atom. The molecule has 96 valence electrons. The van der Waals surface area contributed by atoms with Crippen molar-refractivity contribution >= 4 is 21.8 Å². The topological polar surface area (TPSA) is 66.9 Å². The third kappa shape index (κ3) is 2.03. The quantitative estimate of drug-likeness (QED) is 0.863. The highest BCUT2D eigenvalue weighted by molar-refractivity contribution is 9.10. The molecule has 1 saturated heterocycles. The molecule has 0 bridgehead atoms. The Labute approximate surface area is 114 Å². The number of nitrogens with zero attached hydrogens (tertiary/aromatic N) is 2. The Morgan fingerprint density at radius 3 is 3.00 bits per heavy atom. The first-order valence-corrected chi connectivity index (χ1v) is 7.02. The van der Waals surface area contributed by atoms with Gasteiger partial charge in [0.2, 0.25) is 5.82 Å². The van der Waals surface area contributed by atoms with Gasteiger partial charge in [0, 0.05) is 18.4 Å². The van der Waals surface area contributed by atoms with Gasteiger partial charge in [-0.2, -0.15) is 0 Å². The monoisotopic (exact) mass is 310 g/mol. The first-order valence-electron chi connectivity index (χ1n) is 6.23. The van der Waals surface area contributed by atoms with E-state index >= 15 is 0 Å². The Bertz CT molecular complexity index is 452. The Kier molecular flexibility index (Phi) is 3.07. The van der Waals surface area contributed by atoms with Crippen LogP contribution in [0.25, 0.3) is 0 Å². The van der Waals surface area contributed by atoms with E-state index in [1.165, 1.54) is 6.42 Å². The van der Waals surface area contributed by atoms with Crippen molar-refractivity contribution in [3.63, 3.8) is 0 Å². The molecule has 2 fully saturated rings. The normalized spacial score (nSPS) is 30.2. The number of hydrogen-bond acceptors (Lipinski definition) is 4. The fourth-order valence-corrected chi connectivity index (χ4v) is 3.27. The zero-order valence-corrected chi connectivity index (χ0v) is 11.5. The lowest BCUT2D eigenvalue weighted by atomic mass is 9.93. The highest BCUT2D eigenvalue weighted by Gasteiger charge is 2.47. The number of carbonyl (C=O) groups is 1. The molecule has 1 aromatic rings. The summed E-state index contributed by atoms with van der Waals surface area (Å²) in [6.07, 6.45) is 7.55. The van der Waals surface area contributed by atoms with Crippen molar-refractivity contribution in [2.24, 2.45) is 0 Å². The number of nitrogens with one attached hydrogen (secondary N) is 2. The van der Waals surface area contributed by atoms with Gasteiger partial charge in [0.1, 0.15) is 0 Å². The molecule has 2 heterocycles. The SMILES string of the molecule is O=C(NC12CCCC1NCC2)c1ncc(Br)cn1. The van der Waals surface area contributed by atoms with Crippen molar-refractivity contribution in [3.05, 3.63) is 22.7 Å². The van der Waals surface area contributed by atoms with Crippen molar-refractivity contribution in [2.45, 2.75) is 37.3 Å². The Morgan fingerprint density at radius 1 is 1.44 bits per heavy atom. The number of halogens is 1. The van der Waals surface area contributed by atoms with Crippen LogP contribution in [0.3, 0.4) is 0 Å². The second-order valence-electron chi connectivity index (χ2n) is 4.98. The van der Waals surface area contributed by atoms with Crippen LogP contribution in [0.1, 0.15) is 36.3 Å². The number of rotatable bonds is 2. The molecule has 0 radical (unpaired) electrons. The number of carbonyl (C=O) groups excluding carboxylic acids is 1. The van der Waals surface area contributed by atoms with Gasteiger partial charge >= 0.3 is 0 Å². The second kappa shape index (κ2) is 4.59. The van der Waals surface area contributed by atoms with E-state index in [-0.39, 0.29) is 17.3 Å². The van der Waals surface area contributed by atoms with Crippen LogP contribution in [0.5, 0.6) is 0 Å². The third-order valence-electron chi connectivity index (χ3n) is 3.93. The van der Waals surface area contributed by atoms with Crippen LogP contribution in [0, 0.1) is 0 Å². The van der Waals surface area contributed by atoms with Gasteiger partial charge in [-0.25, -0.2) is 9.97 Å². The van der Waals surface area contributed by atoms with E-state index in [0.717, 1.165) is 30.3 Å². The van der Waals surface area contributed by atoms with Gasteiger partial charge in [-0.15, -0.1) is 0 Å². The first-order chi connectivity index (χ1) is 8.70. The molecule has 2 unspecified atom stereocenters. The summed E-state index contributed by atoms with van der Waals surface area (Å²) in [7, 11) is 0. The summed E-state index contributed by atoms with van der Waals surface area (Å²) in [4.78, 5) is 20.3. The zero-order valence-electron chi connectivity index (χ0n) is 9.95. The largest absolute Gasteiger partial charge is 0.342 e. The molecule has 1 aliphatic heterocycles. The molecule has 2 atom stereocenters. The van der Waals surface area contributed by atoms with Gasteiger partial charge in [-0.1, -0.05) is 0 Å². The molecule has 1 aromatic heterocycles. The van der Waals surface area contributed by atoms with Crippen LogP contribution >= 0.6 is 15.9 Å². The van der Waals surface area contributed by atoms with Crippen molar-refractivity contribution in [1.29, 1.82) is 0 Å². The number of aromatic nitrogens is 2. The summed E-state index contributed by atoms with van der Waals surface area (Å²) < 4.78 is 0.776. The molecular weight excluding hydrogens is 296 g/mol. The van der Waals surface area contributed by atoms with Crippen LogP contribution < -0.4 is 10.6 Å². The Balaban J connectivity index is 1.76. The molecule has 0 spiro atoms. The zero-order chi connectivity index (χ0) is 12.6. The number of hydrogen-bond donors (Lipinski definition) is 2. The van der Waals surface area contributed by atoms with E-state index in [4.69, 9.17) is 0 Å². The molecule has 3 rings (SSSR count). The third-order valence-corrected chi connectivity index (χ3v) is 4.34. The van der Waals surface area contributed by atoms with E-state index in [2.05, 4.69) is 36.5 Å². The van der Waals surface area contributed by atoms with E-state index < -0.39 is 0 Å². The van der Waals surface area contributed by atoms with Crippen molar-refractivity contribution < 1.29 is 4.79 Å². The summed E-state index contributed by atoms with van der Waals surface area (Å²) in [5.74, 6) is 0.0724. The van der Waals surface area contributed by atoms with Gasteiger partial charge in [-0.3, -0.25) is 4.79 Å². The molecule has 18 heavy (non-hydrogen) atoms. The fourth-order valence-electron chi connectivity index (χ4n) is 3.06. The molecule has 1 aliphatic carbocycles. The highest BCUT2D eigenvalue weighted by atomic mass is 79.9. The summed E-state index contributed by atoms with van der Waals surface area (Å²) in [5, 5.41) is 6.61. The maximum atomic E-state index is 12.2. The lowest BCUT2D eigenvalue weighted by molar-refractivity contribution is 0.0887. The molecular formula is C12H15BrN4O. The van der Waals surface area contributed by atoms with Crippen LogP contribution in [0.4, 0.5) is 0 Å². The second-order valence-corrected chi connectivity index (χ2v) is 5.90. The maximum Gasteiger partial charge on any atom is 0.289 e. The number of amides is 1. The minimum Gasteiger partial charge on any atom is -0.342 e. The Hall–Kier alpha value is -1.01. The summed E-state index contributed by atoms with van der Waals surface area (Å²) >= 11 is 3.26. The van der Waals surface area contributed by atoms with Gasteiger partial charge in [0.15, 0.2) is 0 Å². The van der Waals surface area contributed by atoms with Gasteiger partial charge in [0.05, 0.1) is 10.0 Å². The van der Waals surface area contributed by atoms with Crippen LogP contribution in [0.15, 0.2) is 16.9 Å². The molecule has 2 aliphatic rings. The summed E-state index contributed by atoms with van der Waals surface area (Å²) in [6, 6.07) is 0.414. The van der Waals surface area contributed by atoms with Crippen molar-refractivity contribution in [1.82, 2.24) is 20.6 Å². The lowest BCUT2D eigenvalue weighted by Gasteiger charge is -2.29. The van der Waals surface area contributed by atoms with E-state index in [1.54, 1.807) is 12.4 Å². The van der Waals surface area contributed by atoms with Crippen molar-refractivity contribution in [2.75, 3.05) is 6.54 Å². The van der Waals surface area contributed by atoms with E-state index in [0.29, 0.717) is 6.04 Å². The molecule has 1 amide bonds. The molecule has 5 nitrogen and oxygen atoms in total. The average Bonchev–Trinajstić information content (AvgIpc) is 2.88. The van der Waals surface area contributed by atoms with Crippen molar-refractivity contribution in [3.8, 4) is 0 Å². The fraction of sp³-hybridized carbons (Fsp3) is 0.583. The minimum atomic E-state index is -0.168. The number of fused-ring (bicyclic) bond motifs is 1. The van der Waals surface area contributed by atoms with Gasteiger partial charge in [0.25, 0.3) is 5.91 Å². The first kappa shape index (κ1) is 12.0. The van der Waals surface area contributed by atoms with Gasteiger partial charge in [-0.05, 0) is 48.2 Å². The minimum absolute atomic E-state index is 0.0759. The molecule has 2 N–H and O–H groups in total.